The van der Waals surface area contributed by atoms with Crippen molar-refractivity contribution in [2.24, 2.45) is 0 Å². The lowest BCUT2D eigenvalue weighted by Gasteiger charge is -2.06. The molecule has 0 aliphatic rings. The molecule has 3 heterocycles. The molecule has 0 saturated carbocycles. The van der Waals surface area contributed by atoms with Gasteiger partial charge in [0.25, 0.3) is 0 Å². The molecule has 3 aromatic heterocycles. The SMILES string of the molecule is COCCCc1cc(C)nc(-c2cnc3ccc(C)cn23)n1. The van der Waals surface area contributed by atoms with Crippen molar-refractivity contribution in [1.29, 1.82) is 0 Å². The molecule has 114 valence electrons. The Hall–Kier alpha value is -2.27. The predicted molar refractivity (Wildman–Crippen MR) is 85.9 cm³/mol. The zero-order chi connectivity index (χ0) is 15.5. The number of pyridine rings is 1. The molecule has 0 fully saturated rings. The molecule has 0 unspecified atom stereocenters. The number of nitrogens with zero attached hydrogens (tertiary/aromatic N) is 4. The second-order valence-corrected chi connectivity index (χ2v) is 5.50. The van der Waals surface area contributed by atoms with Crippen molar-refractivity contribution in [3.8, 4) is 11.5 Å². The lowest BCUT2D eigenvalue weighted by Crippen LogP contribution is -2.01. The number of imidazole rings is 1. The summed E-state index contributed by atoms with van der Waals surface area (Å²) >= 11 is 0. The lowest BCUT2D eigenvalue weighted by atomic mass is 10.2. The number of fused-ring (bicyclic) bond motifs is 1. The topological polar surface area (TPSA) is 52.3 Å². The normalized spacial score (nSPS) is 11.2. The highest BCUT2D eigenvalue weighted by atomic mass is 16.5. The Bertz CT molecular complexity index is 794. The summed E-state index contributed by atoms with van der Waals surface area (Å²) in [7, 11) is 1.72. The Balaban J connectivity index is 2.00. The standard InChI is InChI=1S/C17H20N4O/c1-12-6-7-16-18-10-15(21(16)11-12)17-19-13(2)9-14(20-17)5-4-8-22-3/h6-7,9-11H,4-5,8H2,1-3H3. The van der Waals surface area contributed by atoms with E-state index in [9.17, 15) is 0 Å². The summed E-state index contributed by atoms with van der Waals surface area (Å²) in [5, 5.41) is 0. The summed E-state index contributed by atoms with van der Waals surface area (Å²) in [5.74, 6) is 0.727. The number of aryl methyl sites for hydroxylation is 3. The van der Waals surface area contributed by atoms with Crippen LogP contribution in [-0.2, 0) is 11.2 Å². The van der Waals surface area contributed by atoms with Crippen molar-refractivity contribution >= 4 is 5.65 Å². The second-order valence-electron chi connectivity index (χ2n) is 5.50. The minimum absolute atomic E-state index is 0.727. The first-order valence-electron chi connectivity index (χ1n) is 7.45. The maximum Gasteiger partial charge on any atom is 0.178 e. The Labute approximate surface area is 130 Å². The highest BCUT2D eigenvalue weighted by Crippen LogP contribution is 2.19. The van der Waals surface area contributed by atoms with E-state index in [1.807, 2.05) is 29.7 Å². The molecule has 22 heavy (non-hydrogen) atoms. The van der Waals surface area contributed by atoms with E-state index < -0.39 is 0 Å². The minimum Gasteiger partial charge on any atom is -0.385 e. The van der Waals surface area contributed by atoms with Gasteiger partial charge in [-0.3, -0.25) is 4.40 Å². The third-order valence-corrected chi connectivity index (χ3v) is 3.57. The average molecular weight is 296 g/mol. The van der Waals surface area contributed by atoms with E-state index in [4.69, 9.17) is 9.72 Å². The summed E-state index contributed by atoms with van der Waals surface area (Å²) in [6.07, 6.45) is 5.75. The van der Waals surface area contributed by atoms with Crippen molar-refractivity contribution in [3.05, 3.63) is 47.5 Å². The third kappa shape index (κ3) is 2.99. The molecule has 0 amide bonds. The van der Waals surface area contributed by atoms with E-state index in [-0.39, 0.29) is 0 Å². The first-order chi connectivity index (χ1) is 10.7. The average Bonchev–Trinajstić information content (AvgIpc) is 2.90. The van der Waals surface area contributed by atoms with Crippen molar-refractivity contribution < 1.29 is 4.74 Å². The molecular formula is C17H20N4O. The molecule has 0 radical (unpaired) electrons. The minimum atomic E-state index is 0.727. The molecule has 5 heteroatoms. The van der Waals surface area contributed by atoms with E-state index in [0.717, 1.165) is 48.0 Å². The van der Waals surface area contributed by atoms with E-state index in [1.54, 1.807) is 7.11 Å². The zero-order valence-electron chi connectivity index (χ0n) is 13.2. The molecule has 0 aliphatic carbocycles. The molecule has 0 aliphatic heterocycles. The van der Waals surface area contributed by atoms with Gasteiger partial charge in [0.15, 0.2) is 5.82 Å². The molecule has 3 aromatic rings. The van der Waals surface area contributed by atoms with Gasteiger partial charge >= 0.3 is 0 Å². The Kier molecular flexibility index (Phi) is 4.15. The maximum absolute atomic E-state index is 5.11. The van der Waals surface area contributed by atoms with Gasteiger partial charge in [-0.05, 0) is 44.4 Å². The van der Waals surface area contributed by atoms with Gasteiger partial charge in [0.1, 0.15) is 11.3 Å². The summed E-state index contributed by atoms with van der Waals surface area (Å²) in [6, 6.07) is 6.10. The quantitative estimate of drug-likeness (QED) is 0.679. The van der Waals surface area contributed by atoms with E-state index in [0.29, 0.717) is 0 Å². The number of aromatic nitrogens is 4. The number of rotatable bonds is 5. The summed E-state index contributed by atoms with van der Waals surface area (Å²) < 4.78 is 7.15. The van der Waals surface area contributed by atoms with Gasteiger partial charge in [-0.25, -0.2) is 15.0 Å². The monoisotopic (exact) mass is 296 g/mol. The molecule has 5 nitrogen and oxygen atoms in total. The van der Waals surface area contributed by atoms with Crippen LogP contribution >= 0.6 is 0 Å². The van der Waals surface area contributed by atoms with Crippen LogP contribution in [0.5, 0.6) is 0 Å². The zero-order valence-corrected chi connectivity index (χ0v) is 13.2. The van der Waals surface area contributed by atoms with Crippen molar-refractivity contribution in [3.63, 3.8) is 0 Å². The molecule has 0 saturated heterocycles. The van der Waals surface area contributed by atoms with Crippen LogP contribution in [0.3, 0.4) is 0 Å². The fraction of sp³-hybridized carbons (Fsp3) is 0.353. The number of hydrogen-bond acceptors (Lipinski definition) is 4. The maximum atomic E-state index is 5.11. The van der Waals surface area contributed by atoms with Gasteiger partial charge in [0.05, 0.1) is 6.20 Å². The van der Waals surface area contributed by atoms with E-state index in [1.165, 1.54) is 5.56 Å². The van der Waals surface area contributed by atoms with Crippen molar-refractivity contribution in [2.45, 2.75) is 26.7 Å². The second kappa shape index (κ2) is 6.23. The van der Waals surface area contributed by atoms with Crippen LogP contribution in [0.1, 0.15) is 23.4 Å². The van der Waals surface area contributed by atoms with Gasteiger partial charge in [-0.15, -0.1) is 0 Å². The molecule has 0 bridgehead atoms. The van der Waals surface area contributed by atoms with Crippen LogP contribution in [0, 0.1) is 13.8 Å². The number of hydrogen-bond donors (Lipinski definition) is 0. The Morgan fingerprint density at radius 1 is 1.18 bits per heavy atom. The smallest absolute Gasteiger partial charge is 0.178 e. The molecule has 0 spiro atoms. The molecule has 3 rings (SSSR count). The van der Waals surface area contributed by atoms with Gasteiger partial charge in [-0.1, -0.05) is 6.07 Å². The van der Waals surface area contributed by atoms with Crippen LogP contribution in [0.2, 0.25) is 0 Å². The van der Waals surface area contributed by atoms with E-state index in [2.05, 4.69) is 29.2 Å². The van der Waals surface area contributed by atoms with Gasteiger partial charge in [-0.2, -0.15) is 0 Å². The van der Waals surface area contributed by atoms with Gasteiger partial charge < -0.3 is 4.74 Å². The summed E-state index contributed by atoms with van der Waals surface area (Å²) in [4.78, 5) is 13.7. The summed E-state index contributed by atoms with van der Waals surface area (Å²) in [6.45, 7) is 4.81. The Morgan fingerprint density at radius 3 is 2.86 bits per heavy atom. The predicted octanol–water partition coefficient (Wildman–Crippen LogP) is 2.99. The Morgan fingerprint density at radius 2 is 2.05 bits per heavy atom. The molecule has 0 aromatic carbocycles. The highest BCUT2D eigenvalue weighted by molar-refractivity contribution is 5.57. The number of ether oxygens (including phenoxy) is 1. The van der Waals surface area contributed by atoms with Crippen molar-refractivity contribution in [2.75, 3.05) is 13.7 Å². The van der Waals surface area contributed by atoms with E-state index >= 15 is 0 Å². The summed E-state index contributed by atoms with van der Waals surface area (Å²) in [5.41, 5.74) is 5.03. The van der Waals surface area contributed by atoms with Crippen LogP contribution < -0.4 is 0 Å². The first kappa shape index (κ1) is 14.7. The third-order valence-electron chi connectivity index (χ3n) is 3.57. The molecular weight excluding hydrogens is 276 g/mol. The fourth-order valence-electron chi connectivity index (χ4n) is 2.53. The fourth-order valence-corrected chi connectivity index (χ4v) is 2.53. The largest absolute Gasteiger partial charge is 0.385 e. The highest BCUT2D eigenvalue weighted by Gasteiger charge is 2.10. The molecule has 0 atom stereocenters. The number of methoxy groups -OCH3 is 1. The van der Waals surface area contributed by atoms with Crippen LogP contribution in [-0.4, -0.2) is 33.1 Å². The van der Waals surface area contributed by atoms with Crippen LogP contribution in [0.25, 0.3) is 17.2 Å². The van der Waals surface area contributed by atoms with Gasteiger partial charge in [0, 0.05) is 31.3 Å². The van der Waals surface area contributed by atoms with Crippen molar-refractivity contribution in [1.82, 2.24) is 19.4 Å². The first-order valence-corrected chi connectivity index (χ1v) is 7.45. The lowest BCUT2D eigenvalue weighted by molar-refractivity contribution is 0.195. The van der Waals surface area contributed by atoms with Crippen LogP contribution in [0.4, 0.5) is 0 Å². The van der Waals surface area contributed by atoms with Crippen LogP contribution in [0.15, 0.2) is 30.6 Å². The van der Waals surface area contributed by atoms with Gasteiger partial charge in [0.2, 0.25) is 0 Å². The molecule has 0 N–H and O–H groups in total.